The zero-order valence-electron chi connectivity index (χ0n) is 24.1. The average Bonchev–Trinajstić information content (AvgIpc) is 3.25. The van der Waals surface area contributed by atoms with Crippen LogP contribution in [0.2, 0.25) is 0 Å². The van der Waals surface area contributed by atoms with Crippen LogP contribution in [-0.4, -0.2) is 73.6 Å². The quantitative estimate of drug-likeness (QED) is 0.351. The van der Waals surface area contributed by atoms with Crippen LogP contribution in [0.15, 0.2) is 42.5 Å². The largest absolute Gasteiger partial charge is 0.493 e. The fourth-order valence-electron chi connectivity index (χ4n) is 6.48. The van der Waals surface area contributed by atoms with Gasteiger partial charge in [0.1, 0.15) is 5.75 Å². The second-order valence-corrected chi connectivity index (χ2v) is 13.4. The first kappa shape index (κ1) is 29.6. The lowest BCUT2D eigenvalue weighted by atomic mass is 9.81. The summed E-state index contributed by atoms with van der Waals surface area (Å²) < 4.78 is 33.0. The van der Waals surface area contributed by atoms with Gasteiger partial charge < -0.3 is 19.3 Å². The Kier molecular flexibility index (Phi) is 9.03. The summed E-state index contributed by atoms with van der Waals surface area (Å²) in [7, 11) is -0.121. The van der Waals surface area contributed by atoms with Crippen LogP contribution in [0.1, 0.15) is 66.8 Å². The molecule has 2 heterocycles. The molecule has 1 aliphatic heterocycles. The topological polar surface area (TPSA) is 118 Å². The molecule has 0 bridgehead atoms. The Morgan fingerprint density at radius 3 is 2.56 bits per heavy atom. The van der Waals surface area contributed by atoms with Gasteiger partial charge >= 0.3 is 5.97 Å². The van der Waals surface area contributed by atoms with E-state index in [1.807, 2.05) is 31.3 Å². The third kappa shape index (κ3) is 6.61. The standard InChI is InChI=1S/C31H42N4O5S/c1-33(16-8-17-34(2)41(32,38)39)18-15-22-20-35-27-19-24(31(36)37)13-14-25(27)29(23-9-4-3-5-10-23)30(35)26-11-6-7-12-28(26)40-21-22/h6-7,11-14,19,22-23H,3-5,8-10,15-18,20-21H2,1-2H3,(H,36,37)(H2,32,38,39)/t22-/m0/s1. The molecule has 0 radical (unpaired) electrons. The number of rotatable bonds is 10. The van der Waals surface area contributed by atoms with E-state index in [1.165, 1.54) is 41.9 Å². The molecule has 3 N–H and O–H groups in total. The minimum atomic E-state index is -3.66. The average molecular weight is 583 g/mol. The summed E-state index contributed by atoms with van der Waals surface area (Å²) in [6, 6.07) is 13.9. The number of ether oxygens (including phenoxy) is 1. The predicted molar refractivity (Wildman–Crippen MR) is 162 cm³/mol. The highest BCUT2D eigenvalue weighted by molar-refractivity contribution is 7.86. The molecule has 1 aromatic heterocycles. The Balaban J connectivity index is 1.46. The molecule has 2 aromatic carbocycles. The number of hydrogen-bond donors (Lipinski definition) is 2. The van der Waals surface area contributed by atoms with Crippen molar-refractivity contribution < 1.29 is 23.1 Å². The van der Waals surface area contributed by atoms with Gasteiger partial charge in [-0.3, -0.25) is 0 Å². The first-order valence-corrected chi connectivity index (χ1v) is 16.2. The minimum Gasteiger partial charge on any atom is -0.493 e. The molecule has 41 heavy (non-hydrogen) atoms. The molecule has 2 aliphatic rings. The molecule has 0 spiro atoms. The number of nitrogens with zero attached hydrogens (tertiary/aromatic N) is 3. The van der Waals surface area contributed by atoms with Gasteiger partial charge in [-0.2, -0.15) is 12.7 Å². The van der Waals surface area contributed by atoms with E-state index in [4.69, 9.17) is 9.88 Å². The molecule has 0 amide bonds. The summed E-state index contributed by atoms with van der Waals surface area (Å²) in [5.74, 6) is 0.601. The van der Waals surface area contributed by atoms with E-state index >= 15 is 0 Å². The van der Waals surface area contributed by atoms with E-state index in [0.29, 0.717) is 31.1 Å². The van der Waals surface area contributed by atoms with Crippen LogP contribution in [-0.2, 0) is 16.8 Å². The molecule has 222 valence electrons. The van der Waals surface area contributed by atoms with Crippen LogP contribution >= 0.6 is 0 Å². The highest BCUT2D eigenvalue weighted by Crippen LogP contribution is 2.47. The van der Waals surface area contributed by atoms with Gasteiger partial charge in [0.25, 0.3) is 10.2 Å². The molecule has 1 saturated carbocycles. The number of aromatic carboxylic acids is 1. The maximum absolute atomic E-state index is 12.0. The van der Waals surface area contributed by atoms with Crippen LogP contribution in [0.25, 0.3) is 22.2 Å². The van der Waals surface area contributed by atoms with Gasteiger partial charge in [0.05, 0.1) is 17.9 Å². The van der Waals surface area contributed by atoms with E-state index in [1.54, 1.807) is 6.07 Å². The number of aromatic nitrogens is 1. The summed E-state index contributed by atoms with van der Waals surface area (Å²) in [4.78, 5) is 14.2. The molecule has 0 unspecified atom stereocenters. The van der Waals surface area contributed by atoms with Gasteiger partial charge in [-0.15, -0.1) is 0 Å². The molecule has 1 aliphatic carbocycles. The first-order valence-electron chi connectivity index (χ1n) is 14.7. The molecular weight excluding hydrogens is 540 g/mol. The Hall–Kier alpha value is -2.92. The summed E-state index contributed by atoms with van der Waals surface area (Å²) in [5.41, 5.74) is 4.89. The number of hydrogen-bond acceptors (Lipinski definition) is 5. The van der Waals surface area contributed by atoms with Crippen molar-refractivity contribution in [3.8, 4) is 17.0 Å². The number of para-hydroxylation sites is 1. The van der Waals surface area contributed by atoms with Crippen molar-refractivity contribution >= 4 is 27.1 Å². The van der Waals surface area contributed by atoms with Crippen LogP contribution < -0.4 is 9.88 Å². The number of carbonyl (C=O) groups is 1. The molecule has 9 nitrogen and oxygen atoms in total. The SMILES string of the molecule is CN(CCCN(C)S(N)(=O)=O)CC[C@@H]1COc2ccccc2-c2c(C3CCCCC3)c3ccc(C(=O)O)cc3n2C1. The van der Waals surface area contributed by atoms with Crippen LogP contribution in [0, 0.1) is 5.92 Å². The monoisotopic (exact) mass is 582 g/mol. The van der Waals surface area contributed by atoms with E-state index in [2.05, 4.69) is 21.6 Å². The van der Waals surface area contributed by atoms with Crippen molar-refractivity contribution in [3.63, 3.8) is 0 Å². The Morgan fingerprint density at radius 2 is 1.83 bits per heavy atom. The lowest BCUT2D eigenvalue weighted by Crippen LogP contribution is -2.35. The van der Waals surface area contributed by atoms with Gasteiger partial charge in [-0.1, -0.05) is 37.5 Å². The van der Waals surface area contributed by atoms with Crippen LogP contribution in [0.4, 0.5) is 0 Å². The predicted octanol–water partition coefficient (Wildman–Crippen LogP) is 4.91. The molecule has 1 atom stereocenters. The molecule has 5 rings (SSSR count). The van der Waals surface area contributed by atoms with E-state index in [9.17, 15) is 18.3 Å². The third-order valence-electron chi connectivity index (χ3n) is 8.79. The van der Waals surface area contributed by atoms with E-state index < -0.39 is 16.2 Å². The van der Waals surface area contributed by atoms with Gasteiger partial charge in [-0.05, 0) is 81.6 Å². The van der Waals surface area contributed by atoms with Crippen molar-refractivity contribution in [1.29, 1.82) is 0 Å². The number of fused-ring (bicyclic) bond motifs is 5. The van der Waals surface area contributed by atoms with Crippen molar-refractivity contribution in [2.24, 2.45) is 11.1 Å². The molecule has 1 fully saturated rings. The Bertz CT molecular complexity index is 1500. The Morgan fingerprint density at radius 1 is 1.07 bits per heavy atom. The Labute approximate surface area is 243 Å². The molecule has 0 saturated heterocycles. The first-order chi connectivity index (χ1) is 19.6. The number of carboxylic acids is 1. The van der Waals surface area contributed by atoms with Crippen molar-refractivity contribution in [3.05, 3.63) is 53.6 Å². The smallest absolute Gasteiger partial charge is 0.335 e. The summed E-state index contributed by atoms with van der Waals surface area (Å²) in [6.07, 6.45) is 7.55. The van der Waals surface area contributed by atoms with Crippen molar-refractivity contribution in [2.75, 3.05) is 40.3 Å². The maximum Gasteiger partial charge on any atom is 0.335 e. The second-order valence-electron chi connectivity index (χ2n) is 11.7. The highest BCUT2D eigenvalue weighted by Gasteiger charge is 2.30. The van der Waals surface area contributed by atoms with Crippen molar-refractivity contribution in [2.45, 2.75) is 57.4 Å². The van der Waals surface area contributed by atoms with Gasteiger partial charge in [0.15, 0.2) is 0 Å². The third-order valence-corrected chi connectivity index (χ3v) is 9.84. The van der Waals surface area contributed by atoms with Gasteiger partial charge in [-0.25, -0.2) is 9.93 Å². The van der Waals surface area contributed by atoms with Crippen LogP contribution in [0.3, 0.4) is 0 Å². The minimum absolute atomic E-state index is 0.208. The van der Waals surface area contributed by atoms with E-state index in [-0.39, 0.29) is 5.92 Å². The zero-order valence-corrected chi connectivity index (χ0v) is 24.9. The molecule has 10 heteroatoms. The fraction of sp³-hybridized carbons (Fsp3) is 0.516. The van der Waals surface area contributed by atoms with Gasteiger partial charge in [0, 0.05) is 42.5 Å². The molecular formula is C31H42N4O5S. The maximum atomic E-state index is 12.0. The highest BCUT2D eigenvalue weighted by atomic mass is 32.2. The number of nitrogens with two attached hydrogens (primary N) is 1. The normalized spacial score (nSPS) is 18.1. The zero-order chi connectivity index (χ0) is 29.1. The number of benzene rings is 2. The number of carboxylic acid groups (broad SMARTS) is 1. The van der Waals surface area contributed by atoms with E-state index in [0.717, 1.165) is 61.1 Å². The lowest BCUT2D eigenvalue weighted by Gasteiger charge is -2.29. The van der Waals surface area contributed by atoms with Crippen molar-refractivity contribution in [1.82, 2.24) is 13.8 Å². The van der Waals surface area contributed by atoms with Crippen LogP contribution in [0.5, 0.6) is 5.75 Å². The summed E-state index contributed by atoms with van der Waals surface area (Å²) in [6.45, 7) is 3.26. The lowest BCUT2D eigenvalue weighted by molar-refractivity contribution is 0.0697. The fourth-order valence-corrected chi connectivity index (χ4v) is 6.86. The second kappa shape index (κ2) is 12.5. The summed E-state index contributed by atoms with van der Waals surface area (Å²) >= 11 is 0. The van der Waals surface area contributed by atoms with Gasteiger partial charge in [0.2, 0.25) is 0 Å². The summed E-state index contributed by atoms with van der Waals surface area (Å²) in [5, 5.41) is 16.2. The molecule has 3 aromatic rings.